The fourth-order valence-corrected chi connectivity index (χ4v) is 7.11. The van der Waals surface area contributed by atoms with Crippen molar-refractivity contribution in [1.82, 2.24) is 4.57 Å². The summed E-state index contributed by atoms with van der Waals surface area (Å²) in [6.45, 7) is 0. The molecule has 1 aromatic heterocycles. The van der Waals surface area contributed by atoms with Gasteiger partial charge in [-0.15, -0.1) is 0 Å². The Bertz CT molecular complexity index is 2530. The molecule has 2 nitrogen and oxygen atoms in total. The third kappa shape index (κ3) is 4.83. The van der Waals surface area contributed by atoms with Gasteiger partial charge in [0.25, 0.3) is 0 Å². The number of fused-ring (bicyclic) bond motifs is 4. The fraction of sp³-hybridized carbons (Fsp3) is 0. The van der Waals surface area contributed by atoms with Gasteiger partial charge in [0.2, 0.25) is 0 Å². The van der Waals surface area contributed by atoms with E-state index in [4.69, 9.17) is 0 Å². The van der Waals surface area contributed by atoms with Crippen molar-refractivity contribution in [1.29, 1.82) is 0 Å². The van der Waals surface area contributed by atoms with Crippen molar-refractivity contribution in [2.24, 2.45) is 0 Å². The van der Waals surface area contributed by atoms with Gasteiger partial charge >= 0.3 is 0 Å². The van der Waals surface area contributed by atoms with Crippen LogP contribution in [0.15, 0.2) is 194 Å². The van der Waals surface area contributed by atoms with E-state index in [-0.39, 0.29) is 0 Å². The van der Waals surface area contributed by atoms with Gasteiger partial charge in [-0.05, 0) is 93.7 Å². The van der Waals surface area contributed by atoms with Crippen LogP contribution in [0.4, 0.5) is 17.1 Å². The highest BCUT2D eigenvalue weighted by molar-refractivity contribution is 6.16. The number of para-hydroxylation sites is 2. The molecule has 0 aliphatic rings. The first-order valence-electron chi connectivity index (χ1n) is 16.4. The predicted molar refractivity (Wildman–Crippen MR) is 204 cm³/mol. The van der Waals surface area contributed by atoms with Crippen LogP contribution in [0.5, 0.6) is 0 Å². The number of nitrogens with zero attached hydrogens (tertiary/aromatic N) is 2. The Morgan fingerprint density at radius 2 is 0.958 bits per heavy atom. The van der Waals surface area contributed by atoms with E-state index in [0.717, 1.165) is 22.7 Å². The van der Waals surface area contributed by atoms with Crippen molar-refractivity contribution < 1.29 is 0 Å². The molecule has 0 saturated heterocycles. The largest absolute Gasteiger partial charge is 0.310 e. The number of anilines is 3. The number of benzene rings is 8. The van der Waals surface area contributed by atoms with Gasteiger partial charge in [-0.3, -0.25) is 0 Å². The van der Waals surface area contributed by atoms with E-state index in [1.54, 1.807) is 0 Å². The Kier molecular flexibility index (Phi) is 6.84. The highest BCUT2D eigenvalue weighted by Gasteiger charge is 2.19. The molecule has 0 aliphatic heterocycles. The summed E-state index contributed by atoms with van der Waals surface area (Å²) in [6.07, 6.45) is 0. The standard InChI is InChI=1S/C46H32N2/c1-4-13-33(14-5-1)35-25-27-40(28-26-35)47(38-17-6-2-7-18-38)41-29-30-43-45(32-41)48(39-19-8-3-9-20-39)44-22-12-21-42(46(43)44)37-24-23-34-15-10-11-16-36(34)31-37/h1-32H. The van der Waals surface area contributed by atoms with E-state index in [1.165, 1.54) is 54.8 Å². The SMILES string of the molecule is c1ccc(-c2ccc(N(c3ccccc3)c3ccc4c5c(-c6ccc7ccccc7c6)cccc5n(-c5ccccc5)c4c3)cc2)cc1. The van der Waals surface area contributed by atoms with Gasteiger partial charge in [-0.25, -0.2) is 0 Å². The molecule has 0 bridgehead atoms. The molecule has 2 heteroatoms. The van der Waals surface area contributed by atoms with E-state index in [2.05, 4.69) is 204 Å². The highest BCUT2D eigenvalue weighted by atomic mass is 15.1. The molecule has 0 saturated carbocycles. The van der Waals surface area contributed by atoms with E-state index in [1.807, 2.05) is 0 Å². The Labute approximate surface area is 280 Å². The molecule has 0 atom stereocenters. The lowest BCUT2D eigenvalue weighted by Gasteiger charge is -2.26. The second-order valence-corrected chi connectivity index (χ2v) is 12.2. The van der Waals surface area contributed by atoms with Crippen molar-refractivity contribution in [3.8, 4) is 27.9 Å². The fourth-order valence-electron chi connectivity index (χ4n) is 7.11. The van der Waals surface area contributed by atoms with Crippen molar-refractivity contribution in [2.75, 3.05) is 4.90 Å². The Hall–Kier alpha value is -6.38. The molecule has 8 aromatic carbocycles. The summed E-state index contributed by atoms with van der Waals surface area (Å²) in [5, 5.41) is 4.99. The molecule has 0 spiro atoms. The van der Waals surface area contributed by atoms with Gasteiger partial charge in [0, 0.05) is 33.5 Å². The summed E-state index contributed by atoms with van der Waals surface area (Å²) in [6, 6.07) is 69.9. The molecule has 0 radical (unpaired) electrons. The first-order chi connectivity index (χ1) is 23.8. The number of rotatable bonds is 6. The van der Waals surface area contributed by atoms with Crippen LogP contribution in [0.3, 0.4) is 0 Å². The molecule has 0 aliphatic carbocycles. The van der Waals surface area contributed by atoms with Crippen LogP contribution in [-0.2, 0) is 0 Å². The van der Waals surface area contributed by atoms with Gasteiger partial charge in [0.1, 0.15) is 0 Å². The van der Waals surface area contributed by atoms with Crippen LogP contribution in [-0.4, -0.2) is 4.57 Å². The normalized spacial score (nSPS) is 11.3. The Morgan fingerprint density at radius 3 is 1.73 bits per heavy atom. The molecule has 0 N–H and O–H groups in total. The van der Waals surface area contributed by atoms with Crippen LogP contribution in [0, 0.1) is 0 Å². The minimum atomic E-state index is 1.11. The summed E-state index contributed by atoms with van der Waals surface area (Å²) in [7, 11) is 0. The Morgan fingerprint density at radius 1 is 0.354 bits per heavy atom. The zero-order valence-electron chi connectivity index (χ0n) is 26.4. The summed E-state index contributed by atoms with van der Waals surface area (Å²) in [5.41, 5.74) is 11.7. The zero-order chi connectivity index (χ0) is 31.9. The molecule has 48 heavy (non-hydrogen) atoms. The van der Waals surface area contributed by atoms with Gasteiger partial charge in [-0.2, -0.15) is 0 Å². The first-order valence-corrected chi connectivity index (χ1v) is 16.4. The maximum atomic E-state index is 2.42. The zero-order valence-corrected chi connectivity index (χ0v) is 26.4. The number of aromatic nitrogens is 1. The van der Waals surface area contributed by atoms with E-state index in [9.17, 15) is 0 Å². The van der Waals surface area contributed by atoms with Crippen LogP contribution in [0.25, 0.3) is 60.5 Å². The molecule has 226 valence electrons. The maximum Gasteiger partial charge on any atom is 0.0562 e. The lowest BCUT2D eigenvalue weighted by atomic mass is 9.97. The molecule has 1 heterocycles. The van der Waals surface area contributed by atoms with Gasteiger partial charge in [-0.1, -0.05) is 133 Å². The average Bonchev–Trinajstić information content (AvgIpc) is 3.50. The molecule has 9 rings (SSSR count). The summed E-state index contributed by atoms with van der Waals surface area (Å²) in [4.78, 5) is 2.35. The second-order valence-electron chi connectivity index (χ2n) is 12.2. The second kappa shape index (κ2) is 11.8. The molecule has 9 aromatic rings. The predicted octanol–water partition coefficient (Wildman–Crippen LogP) is 12.7. The minimum absolute atomic E-state index is 1.11. The first kappa shape index (κ1) is 27.9. The van der Waals surface area contributed by atoms with Crippen molar-refractivity contribution >= 4 is 49.6 Å². The monoisotopic (exact) mass is 612 g/mol. The molecule has 0 unspecified atom stereocenters. The third-order valence-electron chi connectivity index (χ3n) is 9.36. The van der Waals surface area contributed by atoms with Crippen molar-refractivity contribution in [3.05, 3.63) is 194 Å². The van der Waals surface area contributed by atoms with E-state index < -0.39 is 0 Å². The quantitative estimate of drug-likeness (QED) is 0.181. The van der Waals surface area contributed by atoms with Gasteiger partial charge in [0.05, 0.1) is 11.0 Å². The van der Waals surface area contributed by atoms with Crippen molar-refractivity contribution in [2.45, 2.75) is 0 Å². The van der Waals surface area contributed by atoms with E-state index in [0.29, 0.717) is 0 Å². The summed E-state index contributed by atoms with van der Waals surface area (Å²) in [5.74, 6) is 0. The van der Waals surface area contributed by atoms with Crippen molar-refractivity contribution in [3.63, 3.8) is 0 Å². The average molecular weight is 613 g/mol. The molecule has 0 amide bonds. The summed E-state index contributed by atoms with van der Waals surface area (Å²) < 4.78 is 2.42. The molecular weight excluding hydrogens is 581 g/mol. The highest BCUT2D eigenvalue weighted by Crippen LogP contribution is 2.43. The van der Waals surface area contributed by atoms with E-state index >= 15 is 0 Å². The van der Waals surface area contributed by atoms with Crippen LogP contribution in [0.1, 0.15) is 0 Å². The van der Waals surface area contributed by atoms with Crippen LogP contribution >= 0.6 is 0 Å². The molecule has 0 fully saturated rings. The van der Waals surface area contributed by atoms with Crippen LogP contribution < -0.4 is 4.90 Å². The lowest BCUT2D eigenvalue weighted by molar-refractivity contribution is 1.18. The summed E-state index contributed by atoms with van der Waals surface area (Å²) >= 11 is 0. The lowest BCUT2D eigenvalue weighted by Crippen LogP contribution is -2.10. The molecular formula is C46H32N2. The number of hydrogen-bond donors (Lipinski definition) is 0. The van der Waals surface area contributed by atoms with Gasteiger partial charge in [0.15, 0.2) is 0 Å². The topological polar surface area (TPSA) is 8.17 Å². The maximum absolute atomic E-state index is 2.42. The Balaban J connectivity index is 1.27. The van der Waals surface area contributed by atoms with Gasteiger partial charge < -0.3 is 9.47 Å². The number of hydrogen-bond acceptors (Lipinski definition) is 1. The minimum Gasteiger partial charge on any atom is -0.310 e. The smallest absolute Gasteiger partial charge is 0.0562 e. The third-order valence-corrected chi connectivity index (χ3v) is 9.36. The van der Waals surface area contributed by atoms with Crippen LogP contribution in [0.2, 0.25) is 0 Å².